The van der Waals surface area contributed by atoms with Crippen molar-refractivity contribution in [1.29, 1.82) is 0 Å². The van der Waals surface area contributed by atoms with E-state index in [1.165, 1.54) is 18.9 Å². The maximum atomic E-state index is 12.3. The maximum absolute atomic E-state index is 12.3. The van der Waals surface area contributed by atoms with Gasteiger partial charge in [0.25, 0.3) is 0 Å². The minimum absolute atomic E-state index is 0.0210. The molecule has 2 aromatic rings. The number of carbonyl (C=O) groups excluding carboxylic acids is 1. The third-order valence-electron chi connectivity index (χ3n) is 4.12. The predicted octanol–water partition coefficient (Wildman–Crippen LogP) is 3.48. The summed E-state index contributed by atoms with van der Waals surface area (Å²) in [5.41, 5.74) is 3.01. The topological polar surface area (TPSA) is 71.7 Å². The molecule has 0 unspecified atom stereocenters. The van der Waals surface area contributed by atoms with E-state index >= 15 is 0 Å². The fourth-order valence-corrected chi connectivity index (χ4v) is 3.00. The van der Waals surface area contributed by atoms with Gasteiger partial charge in [-0.1, -0.05) is 30.9 Å². The highest BCUT2D eigenvalue weighted by Crippen LogP contribution is 2.23. The molecular formula is C17H17ClN2O3. The molecule has 1 aliphatic rings. The molecule has 1 saturated carbocycles. The van der Waals surface area contributed by atoms with Gasteiger partial charge in [0.1, 0.15) is 11.8 Å². The molecule has 0 radical (unpaired) electrons. The molecule has 5 nitrogen and oxygen atoms in total. The first-order valence-electron chi connectivity index (χ1n) is 7.69. The Kier molecular flexibility index (Phi) is 4.76. The quantitative estimate of drug-likeness (QED) is 0.691. The lowest BCUT2D eigenvalue weighted by atomic mass is 9.89. The van der Waals surface area contributed by atoms with Crippen molar-refractivity contribution in [2.75, 3.05) is 0 Å². The van der Waals surface area contributed by atoms with E-state index in [1.807, 2.05) is 0 Å². The third kappa shape index (κ3) is 3.62. The van der Waals surface area contributed by atoms with E-state index in [9.17, 15) is 9.59 Å². The molecule has 120 valence electrons. The highest BCUT2D eigenvalue weighted by Gasteiger charge is 2.20. The first-order valence-corrected chi connectivity index (χ1v) is 8.07. The zero-order valence-corrected chi connectivity index (χ0v) is 13.3. The van der Waals surface area contributed by atoms with E-state index in [4.69, 9.17) is 16.0 Å². The van der Waals surface area contributed by atoms with Crippen LogP contribution in [0, 0.1) is 5.92 Å². The van der Waals surface area contributed by atoms with Crippen molar-refractivity contribution < 1.29 is 9.21 Å². The SMILES string of the molecule is O=C(NN=Cc1coc2ccc(Cl)cc2c1=O)C1CCCCC1. The van der Waals surface area contributed by atoms with Gasteiger partial charge in [-0.25, -0.2) is 5.43 Å². The second-order valence-electron chi connectivity index (χ2n) is 5.73. The largest absolute Gasteiger partial charge is 0.463 e. The molecule has 0 aliphatic heterocycles. The van der Waals surface area contributed by atoms with E-state index in [0.29, 0.717) is 16.0 Å². The number of carbonyl (C=O) groups is 1. The van der Waals surface area contributed by atoms with E-state index in [-0.39, 0.29) is 22.8 Å². The Labute approximate surface area is 138 Å². The van der Waals surface area contributed by atoms with Gasteiger partial charge in [-0.05, 0) is 31.0 Å². The van der Waals surface area contributed by atoms with Crippen LogP contribution in [0.4, 0.5) is 0 Å². The number of nitrogens with zero attached hydrogens (tertiary/aromatic N) is 1. The molecule has 1 N–H and O–H groups in total. The van der Waals surface area contributed by atoms with Gasteiger partial charge >= 0.3 is 0 Å². The summed E-state index contributed by atoms with van der Waals surface area (Å²) in [5.74, 6) is -0.0677. The Morgan fingerprint density at radius 3 is 2.87 bits per heavy atom. The Hall–Kier alpha value is -2.14. The summed E-state index contributed by atoms with van der Waals surface area (Å²) in [5, 5.41) is 4.74. The molecule has 1 heterocycles. The summed E-state index contributed by atoms with van der Waals surface area (Å²) < 4.78 is 5.39. The minimum atomic E-state index is -0.232. The van der Waals surface area contributed by atoms with Gasteiger partial charge < -0.3 is 4.42 Å². The fourth-order valence-electron chi connectivity index (χ4n) is 2.83. The molecular weight excluding hydrogens is 316 g/mol. The van der Waals surface area contributed by atoms with Crippen LogP contribution in [0.1, 0.15) is 37.7 Å². The van der Waals surface area contributed by atoms with Crippen LogP contribution in [0.5, 0.6) is 0 Å². The molecule has 0 saturated heterocycles. The number of hydrazone groups is 1. The van der Waals surface area contributed by atoms with Crippen LogP contribution in [0.2, 0.25) is 5.02 Å². The zero-order valence-electron chi connectivity index (χ0n) is 12.5. The molecule has 6 heteroatoms. The minimum Gasteiger partial charge on any atom is -0.463 e. The van der Waals surface area contributed by atoms with Gasteiger partial charge in [-0.3, -0.25) is 9.59 Å². The number of nitrogens with one attached hydrogen (secondary N) is 1. The lowest BCUT2D eigenvalue weighted by molar-refractivity contribution is -0.125. The standard InChI is InChI=1S/C17H17ClN2O3/c18-13-6-7-15-14(8-13)16(21)12(10-23-15)9-19-20-17(22)11-4-2-1-3-5-11/h6-11H,1-5H2,(H,20,22). The molecule has 0 spiro atoms. The van der Waals surface area contributed by atoms with Crippen LogP contribution in [-0.4, -0.2) is 12.1 Å². The number of halogens is 1. The number of hydrogen-bond acceptors (Lipinski definition) is 4. The Morgan fingerprint density at radius 2 is 2.09 bits per heavy atom. The summed E-state index contributed by atoms with van der Waals surface area (Å²) in [7, 11) is 0. The molecule has 1 amide bonds. The van der Waals surface area contributed by atoms with Gasteiger partial charge in [-0.2, -0.15) is 5.10 Å². The number of hydrogen-bond donors (Lipinski definition) is 1. The van der Waals surface area contributed by atoms with Crippen molar-refractivity contribution in [3.05, 3.63) is 45.3 Å². The van der Waals surface area contributed by atoms with Crippen molar-refractivity contribution >= 4 is 34.7 Å². The number of benzene rings is 1. The van der Waals surface area contributed by atoms with Crippen molar-refractivity contribution in [3.63, 3.8) is 0 Å². The van der Waals surface area contributed by atoms with Crippen molar-refractivity contribution in [1.82, 2.24) is 5.43 Å². The summed E-state index contributed by atoms with van der Waals surface area (Å²) in [6.07, 6.45) is 7.79. The molecule has 3 rings (SSSR count). The third-order valence-corrected chi connectivity index (χ3v) is 4.35. The van der Waals surface area contributed by atoms with Gasteiger partial charge in [0, 0.05) is 10.9 Å². The number of fused-ring (bicyclic) bond motifs is 1. The van der Waals surface area contributed by atoms with Crippen LogP contribution in [0.3, 0.4) is 0 Å². The molecule has 1 aromatic carbocycles. The lowest BCUT2D eigenvalue weighted by Gasteiger charge is -2.19. The van der Waals surface area contributed by atoms with E-state index in [0.717, 1.165) is 25.7 Å². The molecule has 23 heavy (non-hydrogen) atoms. The fraction of sp³-hybridized carbons (Fsp3) is 0.353. The summed E-state index contributed by atoms with van der Waals surface area (Å²) in [4.78, 5) is 24.3. The van der Waals surface area contributed by atoms with Crippen molar-refractivity contribution in [3.8, 4) is 0 Å². The zero-order chi connectivity index (χ0) is 16.2. The van der Waals surface area contributed by atoms with Crippen LogP contribution in [0.25, 0.3) is 11.0 Å². The van der Waals surface area contributed by atoms with Crippen molar-refractivity contribution in [2.45, 2.75) is 32.1 Å². The molecule has 0 atom stereocenters. The second-order valence-corrected chi connectivity index (χ2v) is 6.17. The highest BCUT2D eigenvalue weighted by molar-refractivity contribution is 6.31. The van der Waals surface area contributed by atoms with Gasteiger partial charge in [0.2, 0.25) is 11.3 Å². The first-order chi connectivity index (χ1) is 11.1. The molecule has 1 fully saturated rings. The molecule has 1 aliphatic carbocycles. The molecule has 1 aromatic heterocycles. The van der Waals surface area contributed by atoms with Gasteiger partial charge in [0.05, 0.1) is 17.2 Å². The van der Waals surface area contributed by atoms with Gasteiger partial charge in [-0.15, -0.1) is 0 Å². The smallest absolute Gasteiger partial charge is 0.243 e. The van der Waals surface area contributed by atoms with Crippen LogP contribution >= 0.6 is 11.6 Å². The lowest BCUT2D eigenvalue weighted by Crippen LogP contribution is -2.28. The summed E-state index contributed by atoms with van der Waals surface area (Å²) >= 11 is 5.90. The average molecular weight is 333 g/mol. The van der Waals surface area contributed by atoms with Gasteiger partial charge in [0.15, 0.2) is 0 Å². The Bertz CT molecular complexity index is 807. The highest BCUT2D eigenvalue weighted by atomic mass is 35.5. The number of rotatable bonds is 3. The normalized spacial score (nSPS) is 16.0. The Balaban J connectivity index is 1.74. The average Bonchev–Trinajstić information content (AvgIpc) is 2.58. The summed E-state index contributed by atoms with van der Waals surface area (Å²) in [6.45, 7) is 0. The predicted molar refractivity (Wildman–Crippen MR) is 89.8 cm³/mol. The van der Waals surface area contributed by atoms with Crippen LogP contribution < -0.4 is 10.9 Å². The molecule has 0 bridgehead atoms. The van der Waals surface area contributed by atoms with Crippen molar-refractivity contribution in [2.24, 2.45) is 11.0 Å². The maximum Gasteiger partial charge on any atom is 0.243 e. The second kappa shape index (κ2) is 6.96. The number of amides is 1. The summed E-state index contributed by atoms with van der Waals surface area (Å²) in [6, 6.07) is 4.86. The Morgan fingerprint density at radius 1 is 1.30 bits per heavy atom. The van der Waals surface area contributed by atoms with E-state index < -0.39 is 0 Å². The van der Waals surface area contributed by atoms with Crippen LogP contribution in [-0.2, 0) is 4.79 Å². The first kappa shape index (κ1) is 15.7. The monoisotopic (exact) mass is 332 g/mol. The van der Waals surface area contributed by atoms with E-state index in [2.05, 4.69) is 10.5 Å². The van der Waals surface area contributed by atoms with Crippen LogP contribution in [0.15, 0.2) is 38.8 Å². The van der Waals surface area contributed by atoms with E-state index in [1.54, 1.807) is 18.2 Å².